The van der Waals surface area contributed by atoms with Gasteiger partial charge in [0.15, 0.2) is 0 Å². The normalized spacial score (nSPS) is 23.6. The van der Waals surface area contributed by atoms with Crippen LogP contribution in [0.15, 0.2) is 0 Å². The first-order chi connectivity index (χ1) is 9.67. The van der Waals surface area contributed by atoms with E-state index in [2.05, 4.69) is 27.7 Å². The fourth-order valence-corrected chi connectivity index (χ4v) is 2.82. The van der Waals surface area contributed by atoms with Crippen molar-refractivity contribution in [3.05, 3.63) is 11.4 Å². The topological polar surface area (TPSA) is 79.1 Å². The molecule has 2 fully saturated rings. The Morgan fingerprint density at radius 2 is 1.95 bits per heavy atom. The number of rotatable bonds is 4. The van der Waals surface area contributed by atoms with Crippen molar-refractivity contribution in [1.29, 1.82) is 0 Å². The average molecular weight is 276 g/mol. The van der Waals surface area contributed by atoms with E-state index in [-0.39, 0.29) is 0 Å². The summed E-state index contributed by atoms with van der Waals surface area (Å²) in [6, 6.07) is 0.458. The second-order valence-electron chi connectivity index (χ2n) is 6.07. The maximum Gasteiger partial charge on any atom is 0.148 e. The van der Waals surface area contributed by atoms with E-state index in [1.807, 2.05) is 6.92 Å². The van der Waals surface area contributed by atoms with Crippen molar-refractivity contribution in [2.45, 2.75) is 44.6 Å². The molecule has 110 valence electrons. The van der Waals surface area contributed by atoms with Crippen LogP contribution in [0.2, 0.25) is 0 Å². The van der Waals surface area contributed by atoms with E-state index < -0.39 is 0 Å². The molecule has 1 aromatic rings. The molecule has 1 unspecified atom stereocenters. The first-order valence-corrected chi connectivity index (χ1v) is 7.47. The van der Waals surface area contributed by atoms with Gasteiger partial charge in [0.05, 0.1) is 0 Å². The lowest BCUT2D eigenvalue weighted by Crippen LogP contribution is -2.40. The van der Waals surface area contributed by atoms with Gasteiger partial charge < -0.3 is 15.6 Å². The molecule has 6 heteroatoms. The van der Waals surface area contributed by atoms with E-state index >= 15 is 0 Å². The first kappa shape index (κ1) is 13.6. The molecule has 1 aromatic heterocycles. The second kappa shape index (κ2) is 5.54. The largest absolute Gasteiger partial charge is 0.366 e. The fraction of sp³-hybridized carbons (Fsp3) is 0.714. The minimum atomic E-state index is 0.458. The lowest BCUT2D eigenvalue weighted by atomic mass is 10.1. The van der Waals surface area contributed by atoms with Gasteiger partial charge in [0, 0.05) is 24.1 Å². The molecule has 0 radical (unpaired) electrons. The van der Waals surface area contributed by atoms with Crippen LogP contribution in [0.3, 0.4) is 0 Å². The molecule has 4 N–H and O–H groups in total. The zero-order valence-electron chi connectivity index (χ0n) is 12.3. The highest BCUT2D eigenvalue weighted by molar-refractivity contribution is 5.57. The molecule has 0 bridgehead atoms. The molecule has 1 saturated carbocycles. The molecule has 0 aromatic carbocycles. The summed E-state index contributed by atoms with van der Waals surface area (Å²) in [6.07, 6.45) is 4.81. The monoisotopic (exact) mass is 276 g/mol. The number of nitrogens with two attached hydrogens (primary N) is 1. The Bertz CT molecular complexity index is 485. The molecule has 1 aliphatic carbocycles. The maximum atomic E-state index is 5.59. The molecule has 3 rings (SSSR count). The van der Waals surface area contributed by atoms with Crippen molar-refractivity contribution in [2.75, 3.05) is 30.9 Å². The number of nitrogens with zero attached hydrogens (tertiary/aromatic N) is 3. The van der Waals surface area contributed by atoms with E-state index in [4.69, 9.17) is 10.8 Å². The Morgan fingerprint density at radius 3 is 2.60 bits per heavy atom. The highest BCUT2D eigenvalue weighted by atomic mass is 15.3. The van der Waals surface area contributed by atoms with Gasteiger partial charge >= 0.3 is 0 Å². The van der Waals surface area contributed by atoms with Gasteiger partial charge in [-0.2, -0.15) is 0 Å². The van der Waals surface area contributed by atoms with Crippen LogP contribution in [0.1, 0.15) is 43.0 Å². The number of hydrogen-bond donors (Lipinski definition) is 3. The third-order valence-electron chi connectivity index (χ3n) is 4.21. The molecule has 1 aliphatic heterocycles. The third-order valence-corrected chi connectivity index (χ3v) is 4.21. The van der Waals surface area contributed by atoms with Crippen LogP contribution in [-0.4, -0.2) is 41.0 Å². The van der Waals surface area contributed by atoms with Crippen molar-refractivity contribution in [3.8, 4) is 0 Å². The predicted octanol–water partition coefficient (Wildman–Crippen LogP) is 1.45. The number of anilines is 2. The summed E-state index contributed by atoms with van der Waals surface area (Å²) in [7, 11) is 2.17. The molecule has 1 atom stereocenters. The second-order valence-corrected chi connectivity index (χ2v) is 6.07. The fourth-order valence-electron chi connectivity index (χ4n) is 2.82. The van der Waals surface area contributed by atoms with Crippen molar-refractivity contribution < 1.29 is 0 Å². The Morgan fingerprint density at radius 1 is 1.20 bits per heavy atom. The van der Waals surface area contributed by atoms with Crippen molar-refractivity contribution >= 4 is 11.6 Å². The Hall–Kier alpha value is -1.40. The Kier molecular flexibility index (Phi) is 3.76. The standard InChI is InChI=1S/C14H24N6/c1-9-12(16-11-4-3-7-20(2)8-11)17-14(10-5-6-10)18-13(9)19-15/h10-11H,3-8,15H2,1-2H3,(H2,16,17,18,19). The van der Waals surface area contributed by atoms with E-state index in [0.717, 1.165) is 29.6 Å². The average Bonchev–Trinajstić information content (AvgIpc) is 3.25. The first-order valence-electron chi connectivity index (χ1n) is 7.47. The zero-order valence-corrected chi connectivity index (χ0v) is 12.3. The summed E-state index contributed by atoms with van der Waals surface area (Å²) < 4.78 is 0. The van der Waals surface area contributed by atoms with Crippen molar-refractivity contribution in [3.63, 3.8) is 0 Å². The summed E-state index contributed by atoms with van der Waals surface area (Å²) in [4.78, 5) is 11.6. The van der Waals surface area contributed by atoms with Gasteiger partial charge in [-0.15, -0.1) is 0 Å². The summed E-state index contributed by atoms with van der Waals surface area (Å²) in [5.41, 5.74) is 3.71. The van der Waals surface area contributed by atoms with Gasteiger partial charge in [0.2, 0.25) is 0 Å². The summed E-state index contributed by atoms with van der Waals surface area (Å²) >= 11 is 0. The van der Waals surface area contributed by atoms with Gasteiger partial charge in [-0.05, 0) is 46.2 Å². The van der Waals surface area contributed by atoms with Crippen molar-refractivity contribution in [2.24, 2.45) is 5.84 Å². The van der Waals surface area contributed by atoms with Crippen LogP contribution in [0.4, 0.5) is 11.6 Å². The van der Waals surface area contributed by atoms with Crippen LogP contribution in [-0.2, 0) is 0 Å². The molecule has 2 heterocycles. The number of hydrogen-bond acceptors (Lipinski definition) is 6. The number of hydrazine groups is 1. The van der Waals surface area contributed by atoms with Gasteiger partial charge in [-0.3, -0.25) is 0 Å². The van der Waals surface area contributed by atoms with Gasteiger partial charge in [-0.25, -0.2) is 15.8 Å². The molecular formula is C14H24N6. The lowest BCUT2D eigenvalue weighted by molar-refractivity contribution is 0.260. The minimum absolute atomic E-state index is 0.458. The minimum Gasteiger partial charge on any atom is -0.366 e. The third kappa shape index (κ3) is 2.86. The van der Waals surface area contributed by atoms with Crippen LogP contribution in [0.25, 0.3) is 0 Å². The number of nitrogen functional groups attached to an aromatic ring is 1. The number of likely N-dealkylation sites (N-methyl/N-ethyl adjacent to an activating group) is 1. The lowest BCUT2D eigenvalue weighted by Gasteiger charge is -2.31. The maximum absolute atomic E-state index is 5.59. The molecule has 0 spiro atoms. The molecule has 6 nitrogen and oxygen atoms in total. The summed E-state index contributed by atoms with van der Waals surface area (Å²) in [5.74, 6) is 8.72. The molecule has 2 aliphatic rings. The summed E-state index contributed by atoms with van der Waals surface area (Å²) in [6.45, 7) is 4.26. The highest BCUT2D eigenvalue weighted by Crippen LogP contribution is 2.39. The molecular weight excluding hydrogens is 252 g/mol. The Labute approximate surface area is 120 Å². The Balaban J connectivity index is 1.81. The predicted molar refractivity (Wildman–Crippen MR) is 80.7 cm³/mol. The number of piperidine rings is 1. The highest BCUT2D eigenvalue weighted by Gasteiger charge is 2.28. The van der Waals surface area contributed by atoms with Crippen LogP contribution in [0, 0.1) is 6.92 Å². The van der Waals surface area contributed by atoms with Crippen LogP contribution in [0.5, 0.6) is 0 Å². The van der Waals surface area contributed by atoms with Crippen LogP contribution >= 0.6 is 0 Å². The quantitative estimate of drug-likeness (QED) is 0.571. The van der Waals surface area contributed by atoms with E-state index in [0.29, 0.717) is 12.0 Å². The van der Waals surface area contributed by atoms with Crippen LogP contribution < -0.4 is 16.6 Å². The van der Waals surface area contributed by atoms with Gasteiger partial charge in [0.25, 0.3) is 0 Å². The number of likely N-dealkylation sites (tertiary alicyclic amines) is 1. The van der Waals surface area contributed by atoms with E-state index in [1.54, 1.807) is 0 Å². The van der Waals surface area contributed by atoms with Gasteiger partial charge in [-0.1, -0.05) is 0 Å². The van der Waals surface area contributed by atoms with Crippen molar-refractivity contribution in [1.82, 2.24) is 14.9 Å². The van der Waals surface area contributed by atoms with E-state index in [1.165, 1.54) is 32.2 Å². The molecule has 1 saturated heterocycles. The van der Waals surface area contributed by atoms with E-state index in [9.17, 15) is 0 Å². The molecule has 20 heavy (non-hydrogen) atoms. The SMILES string of the molecule is Cc1c(NN)nc(C2CC2)nc1NC1CCCN(C)C1. The number of aromatic nitrogens is 2. The zero-order chi connectivity index (χ0) is 14.1. The number of nitrogens with one attached hydrogen (secondary N) is 2. The smallest absolute Gasteiger partial charge is 0.148 e. The van der Waals surface area contributed by atoms with Gasteiger partial charge in [0.1, 0.15) is 17.5 Å². The summed E-state index contributed by atoms with van der Waals surface area (Å²) in [5, 5.41) is 3.59. The molecule has 0 amide bonds.